The van der Waals surface area contributed by atoms with Gasteiger partial charge in [0.15, 0.2) is 0 Å². The van der Waals surface area contributed by atoms with Crippen LogP contribution in [0.3, 0.4) is 0 Å². The predicted molar refractivity (Wildman–Crippen MR) is 138 cm³/mol. The monoisotopic (exact) mass is 502 g/mol. The second-order valence-electron chi connectivity index (χ2n) is 9.34. The number of aromatic nitrogens is 2. The molecule has 2 aromatic heterocycles. The Hall–Kier alpha value is -4.31. The van der Waals surface area contributed by atoms with E-state index in [1.54, 1.807) is 18.3 Å². The molecule has 3 amide bonds. The number of carbonyl (C=O) groups excluding carboxylic acids is 3. The smallest absolute Gasteiger partial charge is 0.256 e. The van der Waals surface area contributed by atoms with Crippen LogP contribution in [0.2, 0.25) is 0 Å². The number of nitrogens with one attached hydrogen (secondary N) is 5. The number of alkyl halides is 1. The molecule has 0 saturated carbocycles. The van der Waals surface area contributed by atoms with Crippen LogP contribution < -0.4 is 21.3 Å². The fourth-order valence-electron chi connectivity index (χ4n) is 4.99. The number of anilines is 2. The Balaban J connectivity index is 1.41. The van der Waals surface area contributed by atoms with Gasteiger partial charge < -0.3 is 26.3 Å². The van der Waals surface area contributed by atoms with E-state index in [1.165, 1.54) is 18.2 Å². The summed E-state index contributed by atoms with van der Waals surface area (Å²) in [6.07, 6.45) is 4.65. The number of halogens is 1. The molecule has 0 radical (unpaired) electrons. The minimum Gasteiger partial charge on any atom is -0.357 e. The molecule has 10 heteroatoms. The lowest BCUT2D eigenvalue weighted by molar-refractivity contribution is -0.111. The summed E-state index contributed by atoms with van der Waals surface area (Å²) in [5, 5.41) is 11.7. The molecule has 1 unspecified atom stereocenters. The van der Waals surface area contributed by atoms with Gasteiger partial charge in [-0.3, -0.25) is 14.4 Å². The average Bonchev–Trinajstić information content (AvgIpc) is 3.39. The van der Waals surface area contributed by atoms with Crippen molar-refractivity contribution in [2.24, 2.45) is 0 Å². The average molecular weight is 503 g/mol. The van der Waals surface area contributed by atoms with E-state index in [1.807, 2.05) is 6.07 Å². The van der Waals surface area contributed by atoms with Crippen molar-refractivity contribution in [2.75, 3.05) is 30.3 Å². The molecule has 5 N–H and O–H groups in total. The summed E-state index contributed by atoms with van der Waals surface area (Å²) in [7, 11) is 0. The van der Waals surface area contributed by atoms with Gasteiger partial charge in [-0.15, -0.1) is 0 Å². The van der Waals surface area contributed by atoms with E-state index >= 15 is 0 Å². The van der Waals surface area contributed by atoms with Crippen LogP contribution in [0.4, 0.5) is 15.9 Å². The molecule has 1 atom stereocenters. The lowest BCUT2D eigenvalue weighted by Crippen LogP contribution is -2.54. The van der Waals surface area contributed by atoms with Crippen molar-refractivity contribution in [1.82, 2.24) is 20.6 Å². The lowest BCUT2D eigenvalue weighted by Gasteiger charge is -2.40. The number of benzene rings is 1. The van der Waals surface area contributed by atoms with Crippen molar-refractivity contribution in [3.63, 3.8) is 0 Å². The van der Waals surface area contributed by atoms with Gasteiger partial charge in [-0.05, 0) is 67.4 Å². The number of fused-ring (bicyclic) bond motifs is 2. The fraction of sp³-hybridized carbons (Fsp3) is 0.259. The maximum Gasteiger partial charge on any atom is 0.256 e. The van der Waals surface area contributed by atoms with Crippen LogP contribution in [0.15, 0.2) is 55.3 Å². The molecule has 1 fully saturated rings. The minimum atomic E-state index is -0.798. The number of rotatable bonds is 6. The molecule has 2 aliphatic rings. The van der Waals surface area contributed by atoms with E-state index in [9.17, 15) is 18.8 Å². The largest absolute Gasteiger partial charge is 0.357 e. The minimum absolute atomic E-state index is 0.108. The van der Waals surface area contributed by atoms with Crippen molar-refractivity contribution < 1.29 is 18.8 Å². The van der Waals surface area contributed by atoms with Gasteiger partial charge in [0.2, 0.25) is 5.91 Å². The molecule has 4 heterocycles. The summed E-state index contributed by atoms with van der Waals surface area (Å²) in [4.78, 5) is 44.9. The number of pyridine rings is 1. The van der Waals surface area contributed by atoms with Gasteiger partial charge in [0.1, 0.15) is 12.5 Å². The SMILES string of the molecule is C=CC(=O)Nc1cc(CF)cc(C(=O)Nc2cc(-c3cc4c([nH]3)C3(CCCNC3)CNC4=O)ccn2)c1. The number of aromatic amines is 1. The zero-order valence-corrected chi connectivity index (χ0v) is 20.1. The van der Waals surface area contributed by atoms with E-state index in [0.29, 0.717) is 12.1 Å². The van der Waals surface area contributed by atoms with E-state index in [0.717, 1.165) is 49.0 Å². The Labute approximate surface area is 213 Å². The summed E-state index contributed by atoms with van der Waals surface area (Å²) in [6.45, 7) is 4.92. The molecule has 5 rings (SSSR count). The Morgan fingerprint density at radius 1 is 1.16 bits per heavy atom. The highest BCUT2D eigenvalue weighted by atomic mass is 19.1. The van der Waals surface area contributed by atoms with Gasteiger partial charge >= 0.3 is 0 Å². The van der Waals surface area contributed by atoms with E-state index in [2.05, 4.69) is 37.8 Å². The van der Waals surface area contributed by atoms with Crippen LogP contribution >= 0.6 is 0 Å². The summed E-state index contributed by atoms with van der Waals surface area (Å²) in [5.74, 6) is -0.796. The zero-order valence-electron chi connectivity index (χ0n) is 20.1. The third-order valence-electron chi connectivity index (χ3n) is 6.83. The van der Waals surface area contributed by atoms with E-state index in [-0.39, 0.29) is 34.0 Å². The van der Waals surface area contributed by atoms with Crippen molar-refractivity contribution in [1.29, 1.82) is 0 Å². The van der Waals surface area contributed by atoms with Crippen molar-refractivity contribution in [3.05, 3.63) is 77.6 Å². The lowest BCUT2D eigenvalue weighted by atomic mass is 9.74. The number of amides is 3. The molecule has 0 aliphatic carbocycles. The highest BCUT2D eigenvalue weighted by Gasteiger charge is 2.42. The number of nitrogens with zero attached hydrogens (tertiary/aromatic N) is 1. The Bertz CT molecular complexity index is 1390. The maximum absolute atomic E-state index is 13.4. The molecular weight excluding hydrogens is 475 g/mol. The molecule has 1 saturated heterocycles. The quantitative estimate of drug-likeness (QED) is 0.331. The van der Waals surface area contributed by atoms with Crippen molar-refractivity contribution in [3.8, 4) is 11.3 Å². The van der Waals surface area contributed by atoms with Crippen LogP contribution in [-0.4, -0.2) is 47.3 Å². The van der Waals surface area contributed by atoms with Crippen LogP contribution in [-0.2, 0) is 16.9 Å². The van der Waals surface area contributed by atoms with Crippen LogP contribution in [0.1, 0.15) is 44.8 Å². The van der Waals surface area contributed by atoms with Gasteiger partial charge in [-0.2, -0.15) is 0 Å². The van der Waals surface area contributed by atoms with Gasteiger partial charge in [-0.25, -0.2) is 9.37 Å². The maximum atomic E-state index is 13.4. The third-order valence-corrected chi connectivity index (χ3v) is 6.83. The molecule has 9 nitrogen and oxygen atoms in total. The first-order valence-electron chi connectivity index (χ1n) is 12.0. The predicted octanol–water partition coefficient (Wildman–Crippen LogP) is 3.29. The van der Waals surface area contributed by atoms with Crippen molar-refractivity contribution >= 4 is 29.2 Å². The van der Waals surface area contributed by atoms with Gasteiger partial charge in [0.05, 0.1) is 5.56 Å². The van der Waals surface area contributed by atoms with Crippen LogP contribution in [0.25, 0.3) is 11.3 Å². The molecule has 0 bridgehead atoms. The second kappa shape index (κ2) is 9.98. The second-order valence-corrected chi connectivity index (χ2v) is 9.34. The molecule has 1 spiro atoms. The molecule has 190 valence electrons. The standard InChI is InChI=1S/C27H27FN6O3/c1-2-23(35)32-19-9-16(13-28)8-18(10-19)25(36)34-22-11-17(4-7-30-22)21-12-20-24(33-21)27(15-31-26(20)37)5-3-6-29-14-27/h2,4,7-12,29,33H,1,3,5-6,13-15H2,(H,31,37)(H,32,35)(H,30,34,36). The highest BCUT2D eigenvalue weighted by Crippen LogP contribution is 2.37. The summed E-state index contributed by atoms with van der Waals surface area (Å²) < 4.78 is 13.4. The molecule has 3 aromatic rings. The Morgan fingerprint density at radius 2 is 2.03 bits per heavy atom. The molecular formula is C27H27FN6O3. The van der Waals surface area contributed by atoms with Gasteiger partial charge in [0.25, 0.3) is 11.8 Å². The van der Waals surface area contributed by atoms with E-state index in [4.69, 9.17) is 0 Å². The Kier molecular flexibility index (Phi) is 6.58. The van der Waals surface area contributed by atoms with Gasteiger partial charge in [-0.1, -0.05) is 6.58 Å². The number of H-pyrrole nitrogens is 1. The first kappa shape index (κ1) is 24.4. The molecule has 1 aromatic carbocycles. The van der Waals surface area contributed by atoms with Gasteiger partial charge in [0, 0.05) is 52.9 Å². The summed E-state index contributed by atoms with van der Waals surface area (Å²) >= 11 is 0. The summed E-state index contributed by atoms with van der Waals surface area (Å²) in [5.41, 5.74) is 3.58. The van der Waals surface area contributed by atoms with E-state index < -0.39 is 18.5 Å². The first-order valence-corrected chi connectivity index (χ1v) is 12.0. The molecule has 37 heavy (non-hydrogen) atoms. The number of carbonyl (C=O) groups is 3. The number of hydrogen-bond donors (Lipinski definition) is 5. The number of piperidine rings is 1. The molecule has 2 aliphatic heterocycles. The first-order chi connectivity index (χ1) is 17.9. The zero-order chi connectivity index (χ0) is 26.0. The Morgan fingerprint density at radius 3 is 2.78 bits per heavy atom. The highest BCUT2D eigenvalue weighted by molar-refractivity contribution is 6.06. The third kappa shape index (κ3) is 4.88. The summed E-state index contributed by atoms with van der Waals surface area (Å²) in [6, 6.07) is 9.66. The topological polar surface area (TPSA) is 128 Å². The fourth-order valence-corrected chi connectivity index (χ4v) is 4.99. The normalized spacial score (nSPS) is 18.6. The van der Waals surface area contributed by atoms with Crippen molar-refractivity contribution in [2.45, 2.75) is 24.9 Å². The van der Waals surface area contributed by atoms with Crippen LogP contribution in [0.5, 0.6) is 0 Å². The number of hydrogen-bond acceptors (Lipinski definition) is 5. The van der Waals surface area contributed by atoms with Crippen LogP contribution in [0, 0.1) is 0 Å².